The number of benzene rings is 1. The number of carbonyl (C=O) groups excluding carboxylic acids is 1. The van der Waals surface area contributed by atoms with Gasteiger partial charge in [0.25, 0.3) is 5.91 Å². The fraction of sp³-hybridized carbons (Fsp3) is 0.333. The number of aryl methyl sites for hydroxylation is 1. The van der Waals surface area contributed by atoms with Crippen LogP contribution in [0.5, 0.6) is 0 Å². The van der Waals surface area contributed by atoms with Crippen molar-refractivity contribution in [1.82, 2.24) is 4.90 Å². The summed E-state index contributed by atoms with van der Waals surface area (Å²) in [7, 11) is 0. The molecule has 1 heterocycles. The van der Waals surface area contributed by atoms with Crippen molar-refractivity contribution in [3.63, 3.8) is 0 Å². The van der Waals surface area contributed by atoms with Gasteiger partial charge in [-0.15, -0.1) is 11.3 Å². The maximum absolute atomic E-state index is 12.9. The second-order valence-corrected chi connectivity index (χ2v) is 6.25. The van der Waals surface area contributed by atoms with Gasteiger partial charge in [0, 0.05) is 19.5 Å². The molecule has 0 fully saturated rings. The molecule has 0 aliphatic carbocycles. The van der Waals surface area contributed by atoms with Gasteiger partial charge in [0.1, 0.15) is 0 Å². The van der Waals surface area contributed by atoms with Gasteiger partial charge in [-0.2, -0.15) is 0 Å². The summed E-state index contributed by atoms with van der Waals surface area (Å²) in [5.74, 6) is -0.839. The van der Waals surface area contributed by atoms with E-state index in [-0.39, 0.29) is 12.3 Å². The lowest BCUT2D eigenvalue weighted by molar-refractivity contribution is -0.137. The summed E-state index contributed by atoms with van der Waals surface area (Å²) in [6.45, 7) is 2.98. The van der Waals surface area contributed by atoms with Crippen molar-refractivity contribution in [3.05, 3.63) is 57.8 Å². The fourth-order valence-corrected chi connectivity index (χ4v) is 3.38. The molecule has 1 aromatic carbocycles. The molecule has 0 radical (unpaired) electrons. The molecule has 0 aliphatic heterocycles. The van der Waals surface area contributed by atoms with Crippen molar-refractivity contribution in [2.24, 2.45) is 0 Å². The van der Waals surface area contributed by atoms with Crippen molar-refractivity contribution in [1.29, 1.82) is 0 Å². The Morgan fingerprint density at radius 3 is 2.57 bits per heavy atom. The normalized spacial score (nSPS) is 10.5. The molecule has 0 aliphatic rings. The molecule has 0 bridgehead atoms. The van der Waals surface area contributed by atoms with Gasteiger partial charge in [0.2, 0.25) is 0 Å². The van der Waals surface area contributed by atoms with Crippen LogP contribution in [0.15, 0.2) is 41.8 Å². The molecule has 1 amide bonds. The van der Waals surface area contributed by atoms with Crippen LogP contribution < -0.4 is 0 Å². The van der Waals surface area contributed by atoms with E-state index < -0.39 is 5.97 Å². The number of carboxylic acid groups (broad SMARTS) is 1. The quantitative estimate of drug-likeness (QED) is 0.800. The van der Waals surface area contributed by atoms with Crippen LogP contribution in [0.25, 0.3) is 0 Å². The van der Waals surface area contributed by atoms with Crippen molar-refractivity contribution < 1.29 is 14.7 Å². The minimum Gasteiger partial charge on any atom is -0.481 e. The maximum Gasteiger partial charge on any atom is 0.303 e. The van der Waals surface area contributed by atoms with E-state index in [2.05, 4.69) is 0 Å². The van der Waals surface area contributed by atoms with E-state index in [0.717, 1.165) is 22.4 Å². The molecule has 1 aromatic heterocycles. The van der Waals surface area contributed by atoms with E-state index in [9.17, 15) is 9.59 Å². The summed E-state index contributed by atoms with van der Waals surface area (Å²) >= 11 is 1.45. The van der Waals surface area contributed by atoms with Gasteiger partial charge < -0.3 is 10.0 Å². The molecule has 23 heavy (non-hydrogen) atoms. The summed E-state index contributed by atoms with van der Waals surface area (Å²) < 4.78 is 0. The largest absolute Gasteiger partial charge is 0.481 e. The summed E-state index contributed by atoms with van der Waals surface area (Å²) in [5, 5.41) is 10.8. The highest BCUT2D eigenvalue weighted by molar-refractivity contribution is 7.12. The lowest BCUT2D eigenvalue weighted by Crippen LogP contribution is -2.31. The van der Waals surface area contributed by atoms with Gasteiger partial charge in [-0.3, -0.25) is 9.59 Å². The number of amides is 1. The zero-order valence-electron chi connectivity index (χ0n) is 13.2. The van der Waals surface area contributed by atoms with Crippen molar-refractivity contribution >= 4 is 23.2 Å². The minimum atomic E-state index is -0.831. The maximum atomic E-state index is 12.9. The van der Waals surface area contributed by atoms with E-state index >= 15 is 0 Å². The molecule has 0 saturated carbocycles. The second-order valence-electron chi connectivity index (χ2n) is 5.34. The zero-order chi connectivity index (χ0) is 16.7. The van der Waals surface area contributed by atoms with Crippen LogP contribution in [-0.2, 0) is 17.8 Å². The Bertz CT molecular complexity index is 651. The van der Waals surface area contributed by atoms with Crippen LogP contribution in [0.1, 0.15) is 40.6 Å². The van der Waals surface area contributed by atoms with Crippen LogP contribution in [0.3, 0.4) is 0 Å². The number of carboxylic acids is 1. The number of aliphatic carboxylic acids is 1. The highest BCUT2D eigenvalue weighted by Crippen LogP contribution is 2.21. The number of hydrogen-bond acceptors (Lipinski definition) is 3. The second kappa shape index (κ2) is 8.48. The molecular formula is C18H21NO3S. The average molecular weight is 331 g/mol. The molecule has 0 spiro atoms. The standard InChI is InChI=1S/C18H21NO3S/c1-2-15-10-12-23-17(15)18(22)19(11-6-9-16(20)21)13-14-7-4-3-5-8-14/h3-5,7-8,10,12H,2,6,9,11,13H2,1H3,(H,20,21). The molecule has 2 aromatic rings. The van der Waals surface area contributed by atoms with Crippen molar-refractivity contribution in [2.45, 2.75) is 32.7 Å². The van der Waals surface area contributed by atoms with E-state index in [1.54, 1.807) is 4.90 Å². The number of thiophene rings is 1. The van der Waals surface area contributed by atoms with Gasteiger partial charge >= 0.3 is 5.97 Å². The summed E-state index contributed by atoms with van der Waals surface area (Å²) in [4.78, 5) is 26.1. The van der Waals surface area contributed by atoms with Crippen LogP contribution >= 0.6 is 11.3 Å². The number of rotatable bonds is 8. The predicted octanol–water partition coefficient (Wildman–Crippen LogP) is 3.82. The smallest absolute Gasteiger partial charge is 0.303 e. The Kier molecular flexibility index (Phi) is 6.35. The van der Waals surface area contributed by atoms with Gasteiger partial charge in [-0.1, -0.05) is 37.3 Å². The molecule has 1 N–H and O–H groups in total. The monoisotopic (exact) mass is 331 g/mol. The van der Waals surface area contributed by atoms with Gasteiger partial charge in [0.05, 0.1) is 4.88 Å². The Balaban J connectivity index is 2.14. The van der Waals surface area contributed by atoms with E-state index in [1.165, 1.54) is 11.3 Å². The number of carbonyl (C=O) groups is 2. The lowest BCUT2D eigenvalue weighted by atomic mass is 10.1. The molecular weight excluding hydrogens is 310 g/mol. The highest BCUT2D eigenvalue weighted by atomic mass is 32.1. The van der Waals surface area contributed by atoms with Gasteiger partial charge in [-0.25, -0.2) is 0 Å². The highest BCUT2D eigenvalue weighted by Gasteiger charge is 2.20. The number of nitrogens with zero attached hydrogens (tertiary/aromatic N) is 1. The Morgan fingerprint density at radius 2 is 1.91 bits per heavy atom. The third-order valence-electron chi connectivity index (χ3n) is 3.64. The molecule has 0 saturated heterocycles. The zero-order valence-corrected chi connectivity index (χ0v) is 14.0. The average Bonchev–Trinajstić information content (AvgIpc) is 3.02. The summed E-state index contributed by atoms with van der Waals surface area (Å²) in [6.07, 6.45) is 1.35. The minimum absolute atomic E-state index is 0.00825. The Morgan fingerprint density at radius 1 is 1.17 bits per heavy atom. The van der Waals surface area contributed by atoms with Gasteiger partial charge in [-0.05, 0) is 35.4 Å². The van der Waals surface area contributed by atoms with Crippen LogP contribution in [-0.4, -0.2) is 28.4 Å². The van der Waals surface area contributed by atoms with Gasteiger partial charge in [0.15, 0.2) is 0 Å². The van der Waals surface area contributed by atoms with Crippen LogP contribution in [0, 0.1) is 0 Å². The first kappa shape index (κ1) is 17.2. The third-order valence-corrected chi connectivity index (χ3v) is 4.59. The van der Waals surface area contributed by atoms with E-state index in [0.29, 0.717) is 19.5 Å². The van der Waals surface area contributed by atoms with Crippen molar-refractivity contribution in [2.75, 3.05) is 6.54 Å². The first-order valence-corrected chi connectivity index (χ1v) is 8.61. The third kappa shape index (κ3) is 4.93. The molecule has 2 rings (SSSR count). The first-order valence-electron chi connectivity index (χ1n) is 7.73. The number of hydrogen-bond donors (Lipinski definition) is 1. The SMILES string of the molecule is CCc1ccsc1C(=O)N(CCCC(=O)O)Cc1ccccc1. The summed E-state index contributed by atoms with van der Waals surface area (Å²) in [6, 6.07) is 11.8. The predicted molar refractivity (Wildman–Crippen MR) is 91.7 cm³/mol. The van der Waals surface area contributed by atoms with E-state index in [1.807, 2.05) is 48.7 Å². The first-order chi connectivity index (χ1) is 11.1. The molecule has 0 atom stereocenters. The molecule has 122 valence electrons. The summed E-state index contributed by atoms with van der Waals surface area (Å²) in [5.41, 5.74) is 2.10. The molecule has 0 unspecified atom stereocenters. The van der Waals surface area contributed by atoms with Crippen molar-refractivity contribution in [3.8, 4) is 0 Å². The Hall–Kier alpha value is -2.14. The van der Waals surface area contributed by atoms with Crippen LogP contribution in [0.2, 0.25) is 0 Å². The molecule has 5 heteroatoms. The lowest BCUT2D eigenvalue weighted by Gasteiger charge is -2.22. The topological polar surface area (TPSA) is 57.6 Å². The van der Waals surface area contributed by atoms with E-state index in [4.69, 9.17) is 5.11 Å². The van der Waals surface area contributed by atoms with Crippen LogP contribution in [0.4, 0.5) is 0 Å². The Labute approximate surface area is 140 Å². The molecule has 4 nitrogen and oxygen atoms in total. The fourth-order valence-electron chi connectivity index (χ4n) is 2.42.